The highest BCUT2D eigenvalue weighted by atomic mass is 14.5. The Morgan fingerprint density at radius 3 is 1.17 bits per heavy atom. The Morgan fingerprint density at radius 1 is 0.444 bits per heavy atom. The Kier molecular flexibility index (Phi) is 8.84. The van der Waals surface area contributed by atoms with Gasteiger partial charge in [0.15, 0.2) is 0 Å². The quantitative estimate of drug-likeness (QED) is 0.172. The first-order valence-corrected chi connectivity index (χ1v) is 13.4. The van der Waals surface area contributed by atoms with Gasteiger partial charge in [0.25, 0.3) is 0 Å². The van der Waals surface area contributed by atoms with Crippen molar-refractivity contribution < 1.29 is 0 Å². The molecule has 0 spiro atoms. The summed E-state index contributed by atoms with van der Waals surface area (Å²) < 4.78 is 0. The lowest BCUT2D eigenvalue weighted by molar-refractivity contribution is 0.725. The summed E-state index contributed by atoms with van der Waals surface area (Å²) in [5, 5.41) is 0. The standard InChI is InChI=1S/C34H40N2/c1-3-29-23-27(21-25-11-17-33(35)18-12-25)9-15-31(29)7-5-6-8-32-16-10-28(24-30(32)4-2)22-26-13-19-34(36)20-14-26/h9-20,23-24H,3-8,21-22,35-36H2,1-2H3. The maximum Gasteiger partial charge on any atom is 0.0314 e. The molecule has 0 saturated carbocycles. The van der Waals surface area contributed by atoms with Crippen LogP contribution in [0.25, 0.3) is 0 Å². The van der Waals surface area contributed by atoms with E-state index in [1.165, 1.54) is 57.3 Å². The van der Waals surface area contributed by atoms with Gasteiger partial charge >= 0.3 is 0 Å². The van der Waals surface area contributed by atoms with Gasteiger partial charge in [-0.3, -0.25) is 0 Å². The molecule has 36 heavy (non-hydrogen) atoms. The van der Waals surface area contributed by atoms with Gasteiger partial charge in [0.2, 0.25) is 0 Å². The molecule has 0 fully saturated rings. The summed E-state index contributed by atoms with van der Waals surface area (Å²) in [5.74, 6) is 0. The van der Waals surface area contributed by atoms with Gasteiger partial charge in [0, 0.05) is 11.4 Å². The van der Waals surface area contributed by atoms with Crippen molar-refractivity contribution in [2.75, 3.05) is 11.5 Å². The van der Waals surface area contributed by atoms with Crippen molar-refractivity contribution in [2.24, 2.45) is 0 Å². The van der Waals surface area contributed by atoms with E-state index in [9.17, 15) is 0 Å². The molecule has 0 heterocycles. The number of benzene rings is 4. The molecule has 0 radical (unpaired) electrons. The molecule has 0 aliphatic carbocycles. The third-order valence-corrected chi connectivity index (χ3v) is 7.22. The van der Waals surface area contributed by atoms with Crippen LogP contribution < -0.4 is 11.5 Å². The SMILES string of the molecule is CCc1cc(Cc2ccc(N)cc2)ccc1CCCCc1ccc(Cc2ccc(N)cc2)cc1CC. The fourth-order valence-electron chi connectivity index (χ4n) is 5.10. The number of unbranched alkanes of at least 4 members (excludes halogenated alkanes) is 1. The predicted molar refractivity (Wildman–Crippen MR) is 156 cm³/mol. The number of anilines is 2. The summed E-state index contributed by atoms with van der Waals surface area (Å²) in [7, 11) is 0. The zero-order valence-corrected chi connectivity index (χ0v) is 21.9. The van der Waals surface area contributed by atoms with Crippen LogP contribution in [0.3, 0.4) is 0 Å². The summed E-state index contributed by atoms with van der Waals surface area (Å²) >= 11 is 0. The van der Waals surface area contributed by atoms with Crippen LogP contribution in [0.4, 0.5) is 11.4 Å². The minimum Gasteiger partial charge on any atom is -0.399 e. The summed E-state index contributed by atoms with van der Waals surface area (Å²) in [4.78, 5) is 0. The first kappa shape index (κ1) is 25.6. The fraction of sp³-hybridized carbons (Fsp3) is 0.294. The molecule has 0 unspecified atom stereocenters. The molecule has 0 aliphatic heterocycles. The Hall–Kier alpha value is -3.52. The molecule has 4 aromatic carbocycles. The third-order valence-electron chi connectivity index (χ3n) is 7.22. The highest BCUT2D eigenvalue weighted by molar-refractivity contribution is 5.43. The zero-order valence-electron chi connectivity index (χ0n) is 21.9. The largest absolute Gasteiger partial charge is 0.399 e. The Balaban J connectivity index is 1.31. The van der Waals surface area contributed by atoms with Crippen LogP contribution in [-0.2, 0) is 38.5 Å². The molecule has 2 nitrogen and oxygen atoms in total. The normalized spacial score (nSPS) is 11.1. The Bertz CT molecular complexity index is 1150. The Labute approximate surface area is 217 Å². The molecule has 4 aromatic rings. The van der Waals surface area contributed by atoms with Crippen LogP contribution in [-0.4, -0.2) is 0 Å². The Morgan fingerprint density at radius 2 is 0.806 bits per heavy atom. The molecule has 0 aliphatic rings. The first-order chi connectivity index (χ1) is 17.5. The number of nitrogen functional groups attached to an aromatic ring is 2. The van der Waals surface area contributed by atoms with Gasteiger partial charge in [-0.15, -0.1) is 0 Å². The summed E-state index contributed by atoms with van der Waals surface area (Å²) in [6.07, 6.45) is 8.84. The average Bonchev–Trinajstić information content (AvgIpc) is 2.90. The third kappa shape index (κ3) is 7.01. The van der Waals surface area contributed by atoms with Crippen molar-refractivity contribution in [1.29, 1.82) is 0 Å². The van der Waals surface area contributed by atoms with E-state index in [2.05, 4.69) is 74.5 Å². The number of aryl methyl sites for hydroxylation is 4. The van der Waals surface area contributed by atoms with Gasteiger partial charge in [-0.05, 0) is 120 Å². The summed E-state index contributed by atoms with van der Waals surface area (Å²) in [5.41, 5.74) is 24.7. The van der Waals surface area contributed by atoms with Gasteiger partial charge in [0.05, 0.1) is 0 Å². The second kappa shape index (κ2) is 12.4. The second-order valence-corrected chi connectivity index (χ2v) is 9.96. The van der Waals surface area contributed by atoms with Crippen LogP contribution in [0.1, 0.15) is 71.2 Å². The molecule has 0 amide bonds. The van der Waals surface area contributed by atoms with Gasteiger partial charge in [0.1, 0.15) is 0 Å². The van der Waals surface area contributed by atoms with Crippen molar-refractivity contribution >= 4 is 11.4 Å². The summed E-state index contributed by atoms with van der Waals surface area (Å²) in [6, 6.07) is 30.6. The molecule has 0 saturated heterocycles. The zero-order chi connectivity index (χ0) is 25.3. The summed E-state index contributed by atoms with van der Waals surface area (Å²) in [6.45, 7) is 4.54. The predicted octanol–water partition coefficient (Wildman–Crippen LogP) is 7.72. The van der Waals surface area contributed by atoms with Crippen LogP contribution in [0.15, 0.2) is 84.9 Å². The lowest BCUT2D eigenvalue weighted by atomic mass is 9.93. The molecule has 186 valence electrons. The van der Waals surface area contributed by atoms with Crippen LogP contribution in [0, 0.1) is 0 Å². The van der Waals surface area contributed by atoms with Gasteiger partial charge in [-0.2, -0.15) is 0 Å². The molecule has 4 N–H and O–H groups in total. The van der Waals surface area contributed by atoms with Crippen molar-refractivity contribution in [3.05, 3.63) is 129 Å². The van der Waals surface area contributed by atoms with E-state index in [0.717, 1.165) is 49.9 Å². The van der Waals surface area contributed by atoms with Gasteiger partial charge in [-0.1, -0.05) is 74.5 Å². The number of nitrogens with two attached hydrogens (primary N) is 2. The molecule has 0 aromatic heterocycles. The van der Waals surface area contributed by atoms with E-state index in [4.69, 9.17) is 11.5 Å². The molecular weight excluding hydrogens is 436 g/mol. The maximum atomic E-state index is 5.83. The van der Waals surface area contributed by atoms with Crippen molar-refractivity contribution in [1.82, 2.24) is 0 Å². The highest BCUT2D eigenvalue weighted by Gasteiger charge is 2.07. The van der Waals surface area contributed by atoms with E-state index in [1.54, 1.807) is 0 Å². The smallest absolute Gasteiger partial charge is 0.0314 e. The number of hydrogen-bond donors (Lipinski definition) is 2. The monoisotopic (exact) mass is 476 g/mol. The highest BCUT2D eigenvalue weighted by Crippen LogP contribution is 2.22. The molecule has 4 rings (SSSR count). The van der Waals surface area contributed by atoms with Crippen LogP contribution in [0.2, 0.25) is 0 Å². The fourth-order valence-corrected chi connectivity index (χ4v) is 5.10. The first-order valence-electron chi connectivity index (χ1n) is 13.4. The van der Waals surface area contributed by atoms with E-state index in [-0.39, 0.29) is 0 Å². The lowest BCUT2D eigenvalue weighted by Gasteiger charge is -2.13. The van der Waals surface area contributed by atoms with Gasteiger partial charge < -0.3 is 11.5 Å². The second-order valence-electron chi connectivity index (χ2n) is 9.96. The van der Waals surface area contributed by atoms with E-state index < -0.39 is 0 Å². The molecule has 0 bridgehead atoms. The molecule has 0 atom stereocenters. The van der Waals surface area contributed by atoms with Crippen molar-refractivity contribution in [3.8, 4) is 0 Å². The minimum atomic E-state index is 0.823. The molecule has 2 heteroatoms. The van der Waals surface area contributed by atoms with Crippen molar-refractivity contribution in [2.45, 2.75) is 65.2 Å². The lowest BCUT2D eigenvalue weighted by Crippen LogP contribution is -1.99. The van der Waals surface area contributed by atoms with Crippen molar-refractivity contribution in [3.63, 3.8) is 0 Å². The number of hydrogen-bond acceptors (Lipinski definition) is 2. The number of rotatable bonds is 11. The van der Waals surface area contributed by atoms with E-state index in [1.807, 2.05) is 24.3 Å². The van der Waals surface area contributed by atoms with Crippen LogP contribution in [0.5, 0.6) is 0 Å². The van der Waals surface area contributed by atoms with Crippen LogP contribution >= 0.6 is 0 Å². The van der Waals surface area contributed by atoms with E-state index >= 15 is 0 Å². The topological polar surface area (TPSA) is 52.0 Å². The average molecular weight is 477 g/mol. The molecular formula is C34H40N2. The van der Waals surface area contributed by atoms with E-state index in [0.29, 0.717) is 0 Å². The maximum absolute atomic E-state index is 5.83. The minimum absolute atomic E-state index is 0.823. The van der Waals surface area contributed by atoms with Gasteiger partial charge in [-0.25, -0.2) is 0 Å².